The molecule has 1 aromatic heterocycles. The summed E-state index contributed by atoms with van der Waals surface area (Å²) in [7, 11) is 0. The first-order valence-electron chi connectivity index (χ1n) is 7.32. The zero-order valence-electron chi connectivity index (χ0n) is 12.3. The topological polar surface area (TPSA) is 38.1 Å². The lowest BCUT2D eigenvalue weighted by Gasteiger charge is -2.39. The highest BCUT2D eigenvalue weighted by atomic mass is 35.5. The van der Waals surface area contributed by atoms with Crippen molar-refractivity contribution < 1.29 is 4.79 Å². The maximum absolute atomic E-state index is 12.4. The summed E-state index contributed by atoms with van der Waals surface area (Å²) in [5.41, 5.74) is 0.515. The SMILES string of the molecule is CCc1nccn1CC1CN(C(=O)c2ccc(Cl)cc2Cl)C1. The Kier molecular flexibility index (Phi) is 4.41. The van der Waals surface area contributed by atoms with E-state index in [0.29, 0.717) is 21.5 Å². The zero-order valence-corrected chi connectivity index (χ0v) is 13.8. The smallest absolute Gasteiger partial charge is 0.255 e. The van der Waals surface area contributed by atoms with Crippen LogP contribution >= 0.6 is 23.2 Å². The Morgan fingerprint density at radius 3 is 2.82 bits per heavy atom. The number of benzene rings is 1. The summed E-state index contributed by atoms with van der Waals surface area (Å²) in [6.45, 7) is 4.50. The molecule has 0 unspecified atom stereocenters. The molecule has 3 rings (SSSR count). The molecule has 1 aliphatic heterocycles. The number of hydrogen-bond donors (Lipinski definition) is 0. The van der Waals surface area contributed by atoms with Gasteiger partial charge in [-0.25, -0.2) is 4.98 Å². The monoisotopic (exact) mass is 337 g/mol. The van der Waals surface area contributed by atoms with Gasteiger partial charge in [-0.1, -0.05) is 30.1 Å². The molecule has 6 heteroatoms. The Morgan fingerprint density at radius 2 is 2.14 bits per heavy atom. The highest BCUT2D eigenvalue weighted by molar-refractivity contribution is 6.36. The Labute approximate surface area is 139 Å². The third kappa shape index (κ3) is 2.99. The molecular formula is C16H17Cl2N3O. The first kappa shape index (κ1) is 15.4. The zero-order chi connectivity index (χ0) is 15.7. The van der Waals surface area contributed by atoms with E-state index in [4.69, 9.17) is 23.2 Å². The summed E-state index contributed by atoms with van der Waals surface area (Å²) in [5, 5.41) is 0.944. The third-order valence-corrected chi connectivity index (χ3v) is 4.53. The molecule has 2 aromatic rings. The maximum atomic E-state index is 12.4. The lowest BCUT2D eigenvalue weighted by atomic mass is 9.98. The van der Waals surface area contributed by atoms with E-state index in [9.17, 15) is 4.79 Å². The molecule has 0 N–H and O–H groups in total. The van der Waals surface area contributed by atoms with Crippen molar-refractivity contribution in [3.05, 3.63) is 52.0 Å². The molecule has 1 aliphatic rings. The van der Waals surface area contributed by atoms with E-state index in [-0.39, 0.29) is 5.91 Å². The van der Waals surface area contributed by atoms with Gasteiger partial charge in [0.25, 0.3) is 5.91 Å². The van der Waals surface area contributed by atoms with Crippen molar-refractivity contribution in [2.75, 3.05) is 13.1 Å². The number of amides is 1. The standard InChI is InChI=1S/C16H17Cl2N3O/c1-2-15-19-5-6-20(15)8-11-9-21(10-11)16(22)13-4-3-12(17)7-14(13)18/h3-7,11H,2,8-10H2,1H3. The van der Waals surface area contributed by atoms with Crippen LogP contribution in [0.3, 0.4) is 0 Å². The van der Waals surface area contributed by atoms with Crippen LogP contribution in [-0.4, -0.2) is 33.4 Å². The van der Waals surface area contributed by atoms with Crippen LogP contribution in [0, 0.1) is 5.92 Å². The normalized spacial score (nSPS) is 15.0. The fraction of sp³-hybridized carbons (Fsp3) is 0.375. The van der Waals surface area contributed by atoms with Crippen LogP contribution in [0.15, 0.2) is 30.6 Å². The van der Waals surface area contributed by atoms with Crippen LogP contribution in [0.5, 0.6) is 0 Å². The van der Waals surface area contributed by atoms with Crippen molar-refractivity contribution in [1.29, 1.82) is 0 Å². The predicted octanol–water partition coefficient (Wildman–Crippen LogP) is 3.52. The van der Waals surface area contributed by atoms with Crippen molar-refractivity contribution in [3.63, 3.8) is 0 Å². The average molecular weight is 338 g/mol. The number of hydrogen-bond acceptors (Lipinski definition) is 2. The highest BCUT2D eigenvalue weighted by Gasteiger charge is 2.32. The molecule has 116 valence electrons. The number of aryl methyl sites for hydroxylation is 1. The van der Waals surface area contributed by atoms with Gasteiger partial charge in [-0.2, -0.15) is 0 Å². The minimum absolute atomic E-state index is 0.0285. The number of rotatable bonds is 4. The van der Waals surface area contributed by atoms with Crippen LogP contribution < -0.4 is 0 Å². The van der Waals surface area contributed by atoms with E-state index in [0.717, 1.165) is 31.9 Å². The molecule has 0 aliphatic carbocycles. The van der Waals surface area contributed by atoms with E-state index >= 15 is 0 Å². The van der Waals surface area contributed by atoms with Gasteiger partial charge in [0.2, 0.25) is 0 Å². The molecular weight excluding hydrogens is 321 g/mol. The Balaban J connectivity index is 1.60. The molecule has 0 saturated carbocycles. The summed E-state index contributed by atoms with van der Waals surface area (Å²) in [4.78, 5) is 18.6. The van der Waals surface area contributed by atoms with Crippen molar-refractivity contribution in [3.8, 4) is 0 Å². The number of aromatic nitrogens is 2. The number of carbonyl (C=O) groups is 1. The van der Waals surface area contributed by atoms with Crippen molar-refractivity contribution in [2.45, 2.75) is 19.9 Å². The molecule has 1 amide bonds. The Bertz CT molecular complexity index is 692. The molecule has 4 nitrogen and oxygen atoms in total. The van der Waals surface area contributed by atoms with Gasteiger partial charge in [-0.05, 0) is 18.2 Å². The highest BCUT2D eigenvalue weighted by Crippen LogP contribution is 2.26. The second-order valence-corrected chi connectivity index (χ2v) is 6.39. The molecule has 2 heterocycles. The number of carbonyl (C=O) groups excluding carboxylic acids is 1. The summed E-state index contributed by atoms with van der Waals surface area (Å²) >= 11 is 12.0. The fourth-order valence-electron chi connectivity index (χ4n) is 2.78. The predicted molar refractivity (Wildman–Crippen MR) is 87.5 cm³/mol. The van der Waals surface area contributed by atoms with Gasteiger partial charge < -0.3 is 9.47 Å². The first-order chi connectivity index (χ1) is 10.6. The lowest BCUT2D eigenvalue weighted by Crippen LogP contribution is -2.51. The lowest BCUT2D eigenvalue weighted by molar-refractivity contribution is 0.0467. The summed E-state index contributed by atoms with van der Waals surface area (Å²) in [6.07, 6.45) is 4.75. The van der Waals surface area contributed by atoms with Gasteiger partial charge in [-0.3, -0.25) is 4.79 Å². The number of nitrogens with zero attached hydrogens (tertiary/aromatic N) is 3. The van der Waals surface area contributed by atoms with E-state index in [1.54, 1.807) is 18.2 Å². The first-order valence-corrected chi connectivity index (χ1v) is 8.08. The minimum Gasteiger partial charge on any atom is -0.338 e. The second kappa shape index (κ2) is 6.31. The van der Waals surface area contributed by atoms with E-state index in [1.165, 1.54) is 0 Å². The van der Waals surface area contributed by atoms with Crippen LogP contribution in [0.25, 0.3) is 0 Å². The van der Waals surface area contributed by atoms with Crippen LogP contribution in [0.1, 0.15) is 23.1 Å². The quantitative estimate of drug-likeness (QED) is 0.855. The van der Waals surface area contributed by atoms with Crippen molar-refractivity contribution in [1.82, 2.24) is 14.5 Å². The second-order valence-electron chi connectivity index (χ2n) is 5.55. The number of halogens is 2. The Morgan fingerprint density at radius 1 is 1.36 bits per heavy atom. The maximum Gasteiger partial charge on any atom is 0.255 e. The number of likely N-dealkylation sites (tertiary alicyclic amines) is 1. The van der Waals surface area contributed by atoms with Crippen LogP contribution in [-0.2, 0) is 13.0 Å². The summed E-state index contributed by atoms with van der Waals surface area (Å²) in [5.74, 6) is 1.53. The van der Waals surface area contributed by atoms with Gasteiger partial charge in [0.1, 0.15) is 5.82 Å². The molecule has 0 atom stereocenters. The van der Waals surface area contributed by atoms with Gasteiger partial charge >= 0.3 is 0 Å². The van der Waals surface area contributed by atoms with Crippen molar-refractivity contribution in [2.24, 2.45) is 5.92 Å². The third-order valence-electron chi connectivity index (χ3n) is 3.98. The average Bonchev–Trinajstić information content (AvgIpc) is 2.89. The number of imidazole rings is 1. The van der Waals surface area contributed by atoms with Crippen molar-refractivity contribution >= 4 is 29.1 Å². The van der Waals surface area contributed by atoms with Gasteiger partial charge in [0, 0.05) is 49.4 Å². The largest absolute Gasteiger partial charge is 0.338 e. The fourth-order valence-corrected chi connectivity index (χ4v) is 3.27. The van der Waals surface area contributed by atoms with E-state index in [2.05, 4.69) is 16.5 Å². The van der Waals surface area contributed by atoms with E-state index < -0.39 is 0 Å². The molecule has 0 spiro atoms. The minimum atomic E-state index is -0.0285. The van der Waals surface area contributed by atoms with Gasteiger partial charge in [0.15, 0.2) is 0 Å². The molecule has 1 fully saturated rings. The molecule has 0 radical (unpaired) electrons. The Hall–Kier alpha value is -1.52. The van der Waals surface area contributed by atoms with Crippen LogP contribution in [0.2, 0.25) is 10.0 Å². The molecule has 1 aromatic carbocycles. The molecule has 1 saturated heterocycles. The van der Waals surface area contributed by atoms with Gasteiger partial charge in [0.05, 0.1) is 10.6 Å². The van der Waals surface area contributed by atoms with Gasteiger partial charge in [-0.15, -0.1) is 0 Å². The molecule has 22 heavy (non-hydrogen) atoms. The summed E-state index contributed by atoms with van der Waals surface area (Å²) in [6, 6.07) is 4.98. The molecule has 0 bridgehead atoms. The van der Waals surface area contributed by atoms with E-state index in [1.807, 2.05) is 17.3 Å². The summed E-state index contributed by atoms with van der Waals surface area (Å²) < 4.78 is 2.17. The van der Waals surface area contributed by atoms with Crippen LogP contribution in [0.4, 0.5) is 0 Å².